The molecule has 4 aromatic rings. The predicted octanol–water partition coefficient (Wildman–Crippen LogP) is 6.11. The van der Waals surface area contributed by atoms with Crippen molar-refractivity contribution in [2.75, 3.05) is 20.8 Å². The number of methoxy groups -OCH3 is 2. The van der Waals surface area contributed by atoms with Crippen LogP contribution < -0.4 is 19.0 Å². The SMILES string of the molecule is CCOc1ccc(N=c2scc(-c3ccc(OC)c(OC)c3)n2CCc2ccccc2)cc1. The van der Waals surface area contributed by atoms with Gasteiger partial charge >= 0.3 is 0 Å². The number of nitrogens with zero attached hydrogens (tertiary/aromatic N) is 2. The largest absolute Gasteiger partial charge is 0.494 e. The van der Waals surface area contributed by atoms with Crippen LogP contribution in [-0.2, 0) is 13.0 Å². The van der Waals surface area contributed by atoms with Gasteiger partial charge in [0.15, 0.2) is 16.3 Å². The molecule has 0 spiro atoms. The number of hydrogen-bond acceptors (Lipinski definition) is 5. The van der Waals surface area contributed by atoms with Gasteiger partial charge < -0.3 is 18.8 Å². The van der Waals surface area contributed by atoms with Crippen LogP contribution in [0.1, 0.15) is 12.5 Å². The molecule has 6 heteroatoms. The molecule has 0 aliphatic carbocycles. The van der Waals surface area contributed by atoms with Gasteiger partial charge in [-0.25, -0.2) is 4.99 Å². The first-order chi connectivity index (χ1) is 16.2. The normalized spacial score (nSPS) is 11.4. The van der Waals surface area contributed by atoms with Crippen LogP contribution in [0.25, 0.3) is 11.3 Å². The summed E-state index contributed by atoms with van der Waals surface area (Å²) >= 11 is 1.63. The van der Waals surface area contributed by atoms with E-state index in [4.69, 9.17) is 19.2 Å². The van der Waals surface area contributed by atoms with Crippen LogP contribution >= 0.6 is 11.3 Å². The molecule has 4 rings (SSSR count). The van der Waals surface area contributed by atoms with E-state index in [1.807, 2.05) is 49.4 Å². The summed E-state index contributed by atoms with van der Waals surface area (Å²) in [5.41, 5.74) is 4.35. The van der Waals surface area contributed by atoms with Gasteiger partial charge in [-0.2, -0.15) is 0 Å². The van der Waals surface area contributed by atoms with Crippen molar-refractivity contribution in [3.63, 3.8) is 0 Å². The first-order valence-electron chi connectivity index (χ1n) is 10.9. The Balaban J connectivity index is 1.74. The van der Waals surface area contributed by atoms with E-state index in [1.165, 1.54) is 5.56 Å². The lowest BCUT2D eigenvalue weighted by molar-refractivity contribution is 0.340. The van der Waals surface area contributed by atoms with Crippen molar-refractivity contribution in [3.8, 4) is 28.5 Å². The third kappa shape index (κ3) is 5.46. The molecule has 0 aliphatic rings. The highest BCUT2D eigenvalue weighted by Gasteiger charge is 2.12. The minimum Gasteiger partial charge on any atom is -0.494 e. The molecule has 33 heavy (non-hydrogen) atoms. The Kier molecular flexibility index (Phi) is 7.47. The molecule has 0 aliphatic heterocycles. The molecule has 0 bridgehead atoms. The molecule has 3 aromatic carbocycles. The van der Waals surface area contributed by atoms with Gasteiger partial charge in [0.2, 0.25) is 0 Å². The summed E-state index contributed by atoms with van der Waals surface area (Å²) in [6.45, 7) is 3.44. The minimum absolute atomic E-state index is 0.648. The fraction of sp³-hybridized carbons (Fsp3) is 0.222. The van der Waals surface area contributed by atoms with Gasteiger partial charge in [0.1, 0.15) is 5.75 Å². The molecular formula is C27H28N2O3S. The lowest BCUT2D eigenvalue weighted by atomic mass is 10.1. The molecule has 0 fully saturated rings. The van der Waals surface area contributed by atoms with E-state index in [1.54, 1.807) is 25.6 Å². The van der Waals surface area contributed by atoms with Gasteiger partial charge in [-0.05, 0) is 61.4 Å². The monoisotopic (exact) mass is 460 g/mol. The first-order valence-corrected chi connectivity index (χ1v) is 11.8. The Morgan fingerprint density at radius 3 is 2.33 bits per heavy atom. The van der Waals surface area contributed by atoms with Gasteiger partial charge in [0.25, 0.3) is 0 Å². The predicted molar refractivity (Wildman–Crippen MR) is 134 cm³/mol. The lowest BCUT2D eigenvalue weighted by Gasteiger charge is -2.12. The standard InChI is InChI=1S/C27H28N2O3S/c1-4-32-23-13-11-22(12-14-23)28-27-29(17-16-20-8-6-5-7-9-20)24(19-33-27)21-10-15-25(30-2)26(18-21)31-3/h5-15,18-19H,4,16-17H2,1-3H3. The van der Waals surface area contributed by atoms with Crippen molar-refractivity contribution in [1.29, 1.82) is 0 Å². The molecule has 0 N–H and O–H groups in total. The second-order valence-electron chi connectivity index (χ2n) is 7.40. The third-order valence-electron chi connectivity index (χ3n) is 5.32. The molecule has 5 nitrogen and oxygen atoms in total. The van der Waals surface area contributed by atoms with E-state index in [0.29, 0.717) is 18.1 Å². The summed E-state index contributed by atoms with van der Waals surface area (Å²) in [5.74, 6) is 2.28. The maximum Gasteiger partial charge on any atom is 0.190 e. The average molecular weight is 461 g/mol. The van der Waals surface area contributed by atoms with Gasteiger partial charge in [-0.3, -0.25) is 0 Å². The first kappa shape index (κ1) is 22.7. The van der Waals surface area contributed by atoms with Gasteiger partial charge in [0.05, 0.1) is 32.2 Å². The van der Waals surface area contributed by atoms with Gasteiger partial charge in [-0.15, -0.1) is 11.3 Å². The van der Waals surface area contributed by atoms with Crippen molar-refractivity contribution in [3.05, 3.63) is 88.5 Å². The lowest BCUT2D eigenvalue weighted by Crippen LogP contribution is -2.17. The zero-order valence-electron chi connectivity index (χ0n) is 19.2. The Morgan fingerprint density at radius 2 is 1.64 bits per heavy atom. The summed E-state index contributed by atoms with van der Waals surface area (Å²) in [5, 5.41) is 2.15. The fourth-order valence-corrected chi connectivity index (χ4v) is 4.60. The zero-order chi connectivity index (χ0) is 23.0. The molecule has 0 atom stereocenters. The molecule has 1 aromatic heterocycles. The van der Waals surface area contributed by atoms with Crippen LogP contribution in [0.2, 0.25) is 0 Å². The quantitative estimate of drug-likeness (QED) is 0.303. The van der Waals surface area contributed by atoms with Crippen molar-refractivity contribution in [2.24, 2.45) is 4.99 Å². The summed E-state index contributed by atoms with van der Waals surface area (Å²) < 4.78 is 18.8. The van der Waals surface area contributed by atoms with Crippen LogP contribution in [0, 0.1) is 0 Å². The van der Waals surface area contributed by atoms with E-state index < -0.39 is 0 Å². The van der Waals surface area contributed by atoms with Crippen LogP contribution in [0.4, 0.5) is 5.69 Å². The van der Waals surface area contributed by atoms with Crippen LogP contribution in [-0.4, -0.2) is 25.4 Å². The maximum absolute atomic E-state index is 5.56. The Labute approximate surface area is 198 Å². The zero-order valence-corrected chi connectivity index (χ0v) is 20.0. The van der Waals surface area contributed by atoms with Crippen LogP contribution in [0.5, 0.6) is 17.2 Å². The second-order valence-corrected chi connectivity index (χ2v) is 8.24. The van der Waals surface area contributed by atoms with Crippen LogP contribution in [0.3, 0.4) is 0 Å². The van der Waals surface area contributed by atoms with Crippen molar-refractivity contribution >= 4 is 17.0 Å². The minimum atomic E-state index is 0.648. The van der Waals surface area contributed by atoms with Crippen LogP contribution in [0.15, 0.2) is 83.2 Å². The van der Waals surface area contributed by atoms with E-state index in [2.05, 4.69) is 40.3 Å². The second kappa shape index (κ2) is 10.9. The highest BCUT2D eigenvalue weighted by atomic mass is 32.1. The van der Waals surface area contributed by atoms with Crippen molar-refractivity contribution in [2.45, 2.75) is 19.9 Å². The number of aromatic nitrogens is 1. The molecule has 1 heterocycles. The molecule has 0 radical (unpaired) electrons. The molecule has 170 valence electrons. The van der Waals surface area contributed by atoms with Crippen molar-refractivity contribution < 1.29 is 14.2 Å². The summed E-state index contributed by atoms with van der Waals surface area (Å²) in [7, 11) is 3.31. The van der Waals surface area contributed by atoms with E-state index in [9.17, 15) is 0 Å². The number of benzene rings is 3. The topological polar surface area (TPSA) is 45.0 Å². The fourth-order valence-electron chi connectivity index (χ4n) is 3.64. The van der Waals surface area contributed by atoms with E-state index in [-0.39, 0.29) is 0 Å². The van der Waals surface area contributed by atoms with Gasteiger partial charge in [0, 0.05) is 17.5 Å². The Hall–Kier alpha value is -3.51. The van der Waals surface area contributed by atoms with E-state index in [0.717, 1.165) is 40.5 Å². The molecule has 0 amide bonds. The van der Waals surface area contributed by atoms with Crippen molar-refractivity contribution in [1.82, 2.24) is 4.57 Å². The number of rotatable bonds is 9. The third-order valence-corrected chi connectivity index (χ3v) is 6.18. The number of ether oxygens (including phenoxy) is 3. The molecule has 0 unspecified atom stereocenters. The smallest absolute Gasteiger partial charge is 0.190 e. The Morgan fingerprint density at radius 1 is 0.879 bits per heavy atom. The van der Waals surface area contributed by atoms with E-state index >= 15 is 0 Å². The summed E-state index contributed by atoms with van der Waals surface area (Å²) in [6, 6.07) is 24.4. The highest BCUT2D eigenvalue weighted by Crippen LogP contribution is 2.32. The maximum atomic E-state index is 5.56. The summed E-state index contributed by atoms with van der Waals surface area (Å²) in [4.78, 5) is 5.89. The molecular weight excluding hydrogens is 432 g/mol. The Bertz CT molecular complexity index is 1240. The average Bonchev–Trinajstić information content (AvgIpc) is 3.26. The number of thiazole rings is 1. The molecule has 0 saturated carbocycles. The molecule has 0 saturated heterocycles. The number of hydrogen-bond donors (Lipinski definition) is 0. The number of aryl methyl sites for hydroxylation is 1. The van der Waals surface area contributed by atoms with Gasteiger partial charge in [-0.1, -0.05) is 30.3 Å². The highest BCUT2D eigenvalue weighted by molar-refractivity contribution is 7.07. The summed E-state index contributed by atoms with van der Waals surface area (Å²) in [6.07, 6.45) is 0.911.